The van der Waals surface area contributed by atoms with Crippen LogP contribution in [0.15, 0.2) is 18.2 Å². The Kier molecular flexibility index (Phi) is 6.15. The number of fused-ring (bicyclic) bond motifs is 1. The van der Waals surface area contributed by atoms with Gasteiger partial charge >= 0.3 is 0 Å². The standard InChI is InChI=1S/C22H32N4O4/c1-24(2)21(28)16-26-12-10-25(11-13-26)15-20(27)23-17-6-7-18-19(14-17)30-22(29-18)8-4-3-5-9-22/h6-7,14H,3-5,8-13,15-16H2,1-2H3,(H,23,27). The van der Waals surface area contributed by atoms with E-state index in [1.165, 1.54) is 6.42 Å². The number of benzene rings is 1. The van der Waals surface area contributed by atoms with Gasteiger partial charge in [-0.15, -0.1) is 0 Å². The monoisotopic (exact) mass is 416 g/mol. The Morgan fingerprint density at radius 1 is 0.967 bits per heavy atom. The molecule has 4 rings (SSSR count). The van der Waals surface area contributed by atoms with Crippen LogP contribution in [0.25, 0.3) is 0 Å². The van der Waals surface area contributed by atoms with E-state index in [1.54, 1.807) is 19.0 Å². The van der Waals surface area contributed by atoms with Gasteiger partial charge in [0.1, 0.15) is 0 Å². The van der Waals surface area contributed by atoms with Gasteiger partial charge < -0.3 is 19.7 Å². The maximum absolute atomic E-state index is 12.5. The number of likely N-dealkylation sites (N-methyl/N-ethyl adjacent to an activating group) is 1. The molecule has 1 saturated heterocycles. The van der Waals surface area contributed by atoms with E-state index in [0.29, 0.717) is 18.8 Å². The van der Waals surface area contributed by atoms with Gasteiger partial charge in [0.25, 0.3) is 5.79 Å². The SMILES string of the molecule is CN(C)C(=O)CN1CCN(CC(=O)Nc2ccc3c(c2)OC2(CCCCC2)O3)CC1. The van der Waals surface area contributed by atoms with Gasteiger partial charge in [0.2, 0.25) is 11.8 Å². The van der Waals surface area contributed by atoms with E-state index in [-0.39, 0.29) is 11.8 Å². The van der Waals surface area contributed by atoms with Crippen molar-refractivity contribution in [3.63, 3.8) is 0 Å². The second-order valence-electron chi connectivity index (χ2n) is 8.73. The molecule has 1 aromatic carbocycles. The summed E-state index contributed by atoms with van der Waals surface area (Å²) in [6, 6.07) is 5.61. The summed E-state index contributed by atoms with van der Waals surface area (Å²) in [5.41, 5.74) is 0.727. The first kappa shape index (κ1) is 20.9. The average molecular weight is 417 g/mol. The average Bonchev–Trinajstić information content (AvgIpc) is 3.06. The Morgan fingerprint density at radius 2 is 1.60 bits per heavy atom. The number of nitrogens with zero attached hydrogens (tertiary/aromatic N) is 3. The van der Waals surface area contributed by atoms with Crippen molar-refractivity contribution in [3.05, 3.63) is 18.2 Å². The molecule has 0 bridgehead atoms. The number of hydrogen-bond donors (Lipinski definition) is 1. The number of hydrogen-bond acceptors (Lipinski definition) is 6. The lowest BCUT2D eigenvalue weighted by Crippen LogP contribution is -2.50. The van der Waals surface area contributed by atoms with Gasteiger partial charge in [-0.2, -0.15) is 0 Å². The van der Waals surface area contributed by atoms with Crippen LogP contribution >= 0.6 is 0 Å². The summed E-state index contributed by atoms with van der Waals surface area (Å²) >= 11 is 0. The first-order valence-corrected chi connectivity index (χ1v) is 10.9. The smallest absolute Gasteiger partial charge is 0.251 e. The molecule has 3 aliphatic rings. The van der Waals surface area contributed by atoms with Crippen LogP contribution in [-0.2, 0) is 9.59 Å². The fourth-order valence-corrected chi connectivity index (χ4v) is 4.31. The van der Waals surface area contributed by atoms with Crippen LogP contribution in [0.2, 0.25) is 0 Å². The molecule has 0 unspecified atom stereocenters. The maximum atomic E-state index is 12.5. The normalized spacial score (nSPS) is 20.9. The molecule has 1 aromatic rings. The van der Waals surface area contributed by atoms with E-state index >= 15 is 0 Å². The van der Waals surface area contributed by atoms with Crippen LogP contribution in [0.3, 0.4) is 0 Å². The van der Waals surface area contributed by atoms with Crippen molar-refractivity contribution in [2.75, 3.05) is 58.7 Å². The Bertz CT molecular complexity index is 783. The number of rotatable bonds is 5. The summed E-state index contributed by atoms with van der Waals surface area (Å²) in [5.74, 6) is 1.04. The third-order valence-electron chi connectivity index (χ3n) is 6.12. The fraction of sp³-hybridized carbons (Fsp3) is 0.636. The number of carbonyl (C=O) groups excluding carboxylic acids is 2. The van der Waals surface area contributed by atoms with Crippen LogP contribution in [0, 0.1) is 0 Å². The van der Waals surface area contributed by atoms with Crippen LogP contribution in [0.5, 0.6) is 11.5 Å². The molecular formula is C22H32N4O4. The second kappa shape index (κ2) is 8.81. The van der Waals surface area contributed by atoms with E-state index in [1.807, 2.05) is 18.2 Å². The largest absolute Gasteiger partial charge is 0.448 e. The number of nitrogens with one attached hydrogen (secondary N) is 1. The summed E-state index contributed by atoms with van der Waals surface area (Å²) in [6.45, 7) is 3.91. The van der Waals surface area contributed by atoms with Crippen molar-refractivity contribution < 1.29 is 19.1 Å². The number of amides is 2. The maximum Gasteiger partial charge on any atom is 0.251 e. The molecule has 1 saturated carbocycles. The van der Waals surface area contributed by atoms with Crippen molar-refractivity contribution in [2.45, 2.75) is 37.9 Å². The molecule has 164 valence electrons. The number of piperazine rings is 1. The predicted molar refractivity (Wildman–Crippen MR) is 114 cm³/mol. The van der Waals surface area contributed by atoms with Crippen molar-refractivity contribution in [1.82, 2.24) is 14.7 Å². The van der Waals surface area contributed by atoms with Gasteiger partial charge in [0.05, 0.1) is 13.1 Å². The summed E-state index contributed by atoms with van der Waals surface area (Å²) < 4.78 is 12.2. The van der Waals surface area contributed by atoms with Crippen molar-refractivity contribution in [3.8, 4) is 11.5 Å². The molecule has 2 fully saturated rings. The second-order valence-corrected chi connectivity index (χ2v) is 8.73. The quantitative estimate of drug-likeness (QED) is 0.789. The minimum Gasteiger partial charge on any atom is -0.448 e. The molecule has 0 aromatic heterocycles. The highest BCUT2D eigenvalue weighted by Crippen LogP contribution is 2.46. The van der Waals surface area contributed by atoms with E-state index in [4.69, 9.17) is 9.47 Å². The molecule has 1 spiro atoms. The van der Waals surface area contributed by atoms with Gasteiger partial charge in [-0.05, 0) is 25.0 Å². The molecule has 8 heteroatoms. The highest BCUT2D eigenvalue weighted by Gasteiger charge is 2.42. The zero-order chi connectivity index (χ0) is 21.1. The van der Waals surface area contributed by atoms with Crippen LogP contribution in [0.4, 0.5) is 5.69 Å². The number of carbonyl (C=O) groups is 2. The number of ether oxygens (including phenoxy) is 2. The summed E-state index contributed by atoms with van der Waals surface area (Å²) in [4.78, 5) is 30.2. The molecule has 0 radical (unpaired) electrons. The molecule has 1 aliphatic carbocycles. The van der Waals surface area contributed by atoms with Crippen molar-refractivity contribution >= 4 is 17.5 Å². The third-order valence-corrected chi connectivity index (χ3v) is 6.12. The molecule has 2 amide bonds. The lowest BCUT2D eigenvalue weighted by Gasteiger charge is -2.34. The van der Waals surface area contributed by atoms with Crippen LogP contribution < -0.4 is 14.8 Å². The zero-order valence-electron chi connectivity index (χ0n) is 18.0. The highest BCUT2D eigenvalue weighted by atomic mass is 16.7. The van der Waals surface area contributed by atoms with Gasteiger partial charge in [-0.25, -0.2) is 0 Å². The first-order chi connectivity index (χ1) is 14.4. The Balaban J connectivity index is 1.25. The van der Waals surface area contributed by atoms with Gasteiger partial charge in [0, 0.05) is 64.9 Å². The molecule has 2 aliphatic heterocycles. The van der Waals surface area contributed by atoms with E-state index in [0.717, 1.165) is 63.3 Å². The molecule has 30 heavy (non-hydrogen) atoms. The lowest BCUT2D eigenvalue weighted by atomic mass is 9.94. The molecule has 8 nitrogen and oxygen atoms in total. The molecule has 0 atom stereocenters. The van der Waals surface area contributed by atoms with Crippen molar-refractivity contribution in [2.24, 2.45) is 0 Å². The number of anilines is 1. The molecule has 2 heterocycles. The molecular weight excluding hydrogens is 384 g/mol. The summed E-state index contributed by atoms with van der Waals surface area (Å²) in [7, 11) is 3.54. The summed E-state index contributed by atoms with van der Waals surface area (Å²) in [5, 5.41) is 2.98. The van der Waals surface area contributed by atoms with Gasteiger partial charge in [-0.3, -0.25) is 19.4 Å². The minimum absolute atomic E-state index is 0.0425. The Morgan fingerprint density at radius 3 is 2.27 bits per heavy atom. The first-order valence-electron chi connectivity index (χ1n) is 10.9. The minimum atomic E-state index is -0.503. The van der Waals surface area contributed by atoms with E-state index in [2.05, 4.69) is 15.1 Å². The van der Waals surface area contributed by atoms with Crippen LogP contribution in [0.1, 0.15) is 32.1 Å². The topological polar surface area (TPSA) is 74.4 Å². The highest BCUT2D eigenvalue weighted by molar-refractivity contribution is 5.92. The summed E-state index contributed by atoms with van der Waals surface area (Å²) in [6.07, 6.45) is 5.29. The third kappa shape index (κ3) is 4.87. The lowest BCUT2D eigenvalue weighted by molar-refractivity contribution is -0.130. The van der Waals surface area contributed by atoms with E-state index in [9.17, 15) is 9.59 Å². The van der Waals surface area contributed by atoms with Gasteiger partial charge in [-0.1, -0.05) is 6.42 Å². The van der Waals surface area contributed by atoms with Crippen molar-refractivity contribution in [1.29, 1.82) is 0 Å². The van der Waals surface area contributed by atoms with E-state index < -0.39 is 5.79 Å². The molecule has 1 N–H and O–H groups in total. The van der Waals surface area contributed by atoms with Gasteiger partial charge in [0.15, 0.2) is 11.5 Å². The fourth-order valence-electron chi connectivity index (χ4n) is 4.31. The Hall–Kier alpha value is -2.32. The Labute approximate surface area is 178 Å². The predicted octanol–water partition coefficient (Wildman–Crippen LogP) is 1.76. The van der Waals surface area contributed by atoms with Crippen LogP contribution in [-0.4, -0.2) is 85.7 Å². The zero-order valence-corrected chi connectivity index (χ0v) is 18.0.